The van der Waals surface area contributed by atoms with Crippen molar-refractivity contribution in [3.8, 4) is 0 Å². The second-order valence-corrected chi connectivity index (χ2v) is 5.41. The molecular weight excluding hydrogens is 354 g/mol. The molecule has 120 valence electrons. The Labute approximate surface area is 137 Å². The molecule has 0 aliphatic rings. The lowest BCUT2D eigenvalue weighted by Crippen LogP contribution is -2.30. The van der Waals surface area contributed by atoms with Gasteiger partial charge < -0.3 is 14.8 Å². The summed E-state index contributed by atoms with van der Waals surface area (Å²) >= 11 is 3.31. The van der Waals surface area contributed by atoms with Gasteiger partial charge in [0.25, 0.3) is 5.91 Å². The predicted octanol–water partition coefficient (Wildman–Crippen LogP) is 1.60. The van der Waals surface area contributed by atoms with Crippen molar-refractivity contribution in [3.63, 3.8) is 0 Å². The van der Waals surface area contributed by atoms with Gasteiger partial charge in [-0.25, -0.2) is 0 Å². The number of hydrogen-bond donors (Lipinski definition) is 1. The molecule has 0 atom stereocenters. The molecule has 0 saturated heterocycles. The number of carbonyl (C=O) groups excluding carboxylic acids is 3. The third kappa shape index (κ3) is 7.78. The third-order valence-electron chi connectivity index (χ3n) is 2.73. The Morgan fingerprint density at radius 1 is 1.14 bits per heavy atom. The number of amides is 1. The molecule has 0 bridgehead atoms. The van der Waals surface area contributed by atoms with Crippen LogP contribution in [0.25, 0.3) is 0 Å². The fraction of sp³-hybridized carbons (Fsp3) is 0.400. The predicted molar refractivity (Wildman–Crippen MR) is 83.1 cm³/mol. The van der Waals surface area contributed by atoms with Crippen LogP contribution in [0.4, 0.5) is 0 Å². The number of carbonyl (C=O) groups is 3. The van der Waals surface area contributed by atoms with Gasteiger partial charge >= 0.3 is 11.9 Å². The number of hydrogen-bond acceptors (Lipinski definition) is 5. The van der Waals surface area contributed by atoms with Gasteiger partial charge in [-0.15, -0.1) is 0 Å². The van der Waals surface area contributed by atoms with Crippen LogP contribution in [-0.4, -0.2) is 38.1 Å². The summed E-state index contributed by atoms with van der Waals surface area (Å²) in [6.07, 6.45) is 0.828. The van der Waals surface area contributed by atoms with Crippen LogP contribution in [0.2, 0.25) is 0 Å². The molecule has 1 amide bonds. The monoisotopic (exact) mass is 371 g/mol. The maximum Gasteiger partial charge on any atom is 0.310 e. The smallest absolute Gasteiger partial charge is 0.310 e. The van der Waals surface area contributed by atoms with E-state index in [1.165, 1.54) is 7.11 Å². The van der Waals surface area contributed by atoms with Crippen LogP contribution >= 0.6 is 15.9 Å². The Morgan fingerprint density at radius 2 is 1.82 bits per heavy atom. The number of methoxy groups -OCH3 is 1. The summed E-state index contributed by atoms with van der Waals surface area (Å²) in [5, 5.41) is 2.56. The first kappa shape index (κ1) is 18.2. The summed E-state index contributed by atoms with van der Waals surface area (Å²) in [6.45, 7) is 0.00574. The van der Waals surface area contributed by atoms with Crippen molar-refractivity contribution in [3.05, 3.63) is 34.3 Å². The SMILES string of the molecule is COC(=O)CCCNC(=O)COC(=O)Cc1ccc(Br)cc1. The highest BCUT2D eigenvalue weighted by Gasteiger charge is 2.08. The first-order valence-corrected chi connectivity index (χ1v) is 7.54. The Hall–Kier alpha value is -1.89. The van der Waals surface area contributed by atoms with Crippen molar-refractivity contribution in [2.45, 2.75) is 19.3 Å². The van der Waals surface area contributed by atoms with E-state index < -0.39 is 11.9 Å². The lowest BCUT2D eigenvalue weighted by molar-refractivity contribution is -0.147. The highest BCUT2D eigenvalue weighted by atomic mass is 79.9. The van der Waals surface area contributed by atoms with E-state index in [0.717, 1.165) is 10.0 Å². The summed E-state index contributed by atoms with van der Waals surface area (Å²) in [5.74, 6) is -1.18. The molecule has 0 aliphatic heterocycles. The Morgan fingerprint density at radius 3 is 2.45 bits per heavy atom. The van der Waals surface area contributed by atoms with E-state index in [2.05, 4.69) is 26.0 Å². The molecule has 1 aromatic carbocycles. The van der Waals surface area contributed by atoms with Crippen molar-refractivity contribution >= 4 is 33.8 Å². The van der Waals surface area contributed by atoms with E-state index in [4.69, 9.17) is 4.74 Å². The molecule has 0 aliphatic carbocycles. The van der Waals surface area contributed by atoms with Crippen LogP contribution in [0.5, 0.6) is 0 Å². The van der Waals surface area contributed by atoms with Gasteiger partial charge in [0.1, 0.15) is 0 Å². The first-order chi connectivity index (χ1) is 10.5. The van der Waals surface area contributed by atoms with Gasteiger partial charge in [-0.05, 0) is 24.1 Å². The Bertz CT molecular complexity index is 515. The van der Waals surface area contributed by atoms with E-state index in [9.17, 15) is 14.4 Å². The summed E-state index contributed by atoms with van der Waals surface area (Å²) in [7, 11) is 1.31. The Balaban J connectivity index is 2.16. The van der Waals surface area contributed by atoms with Gasteiger partial charge in [0.15, 0.2) is 6.61 Å². The summed E-state index contributed by atoms with van der Waals surface area (Å²) in [5.41, 5.74) is 0.812. The number of rotatable bonds is 8. The molecule has 1 N–H and O–H groups in total. The zero-order valence-corrected chi connectivity index (χ0v) is 13.9. The molecule has 0 aromatic heterocycles. The Kier molecular flexibility index (Phi) is 8.21. The van der Waals surface area contributed by atoms with Crippen LogP contribution in [0, 0.1) is 0 Å². The minimum atomic E-state index is -0.466. The average molecular weight is 372 g/mol. The van der Waals surface area contributed by atoms with Crippen LogP contribution in [0.3, 0.4) is 0 Å². The second kappa shape index (κ2) is 9.94. The largest absolute Gasteiger partial charge is 0.469 e. The zero-order chi connectivity index (χ0) is 16.4. The fourth-order valence-electron chi connectivity index (χ4n) is 1.58. The molecule has 0 heterocycles. The molecule has 7 heteroatoms. The van der Waals surface area contributed by atoms with Crippen LogP contribution in [0.1, 0.15) is 18.4 Å². The van der Waals surface area contributed by atoms with Crippen molar-refractivity contribution in [2.24, 2.45) is 0 Å². The molecule has 0 spiro atoms. The maximum absolute atomic E-state index is 11.6. The second-order valence-electron chi connectivity index (χ2n) is 4.49. The van der Waals surface area contributed by atoms with Gasteiger partial charge in [0.05, 0.1) is 13.5 Å². The molecule has 1 aromatic rings. The van der Waals surface area contributed by atoms with E-state index >= 15 is 0 Å². The van der Waals surface area contributed by atoms with Crippen LogP contribution in [-0.2, 0) is 30.3 Å². The molecule has 0 fully saturated rings. The molecular formula is C15H18BrNO5. The number of nitrogens with one attached hydrogen (secondary N) is 1. The summed E-state index contributed by atoms with van der Waals surface area (Å²) in [6, 6.07) is 7.27. The van der Waals surface area contributed by atoms with Gasteiger partial charge in [0.2, 0.25) is 0 Å². The van der Waals surface area contributed by atoms with Crippen molar-refractivity contribution in [1.29, 1.82) is 0 Å². The number of halogens is 1. The number of esters is 2. The lowest BCUT2D eigenvalue weighted by atomic mass is 10.2. The van der Waals surface area contributed by atoms with Crippen LogP contribution < -0.4 is 5.32 Å². The minimum absolute atomic E-state index is 0.114. The van der Waals surface area contributed by atoms with E-state index in [1.807, 2.05) is 12.1 Å². The van der Waals surface area contributed by atoms with Crippen LogP contribution in [0.15, 0.2) is 28.7 Å². The molecule has 1 rings (SSSR count). The molecule has 0 radical (unpaired) electrons. The highest BCUT2D eigenvalue weighted by molar-refractivity contribution is 9.10. The lowest BCUT2D eigenvalue weighted by Gasteiger charge is -2.06. The minimum Gasteiger partial charge on any atom is -0.469 e. The van der Waals surface area contributed by atoms with Crippen molar-refractivity contribution < 1.29 is 23.9 Å². The van der Waals surface area contributed by atoms with Gasteiger partial charge in [-0.3, -0.25) is 14.4 Å². The molecule has 0 saturated carbocycles. The molecule has 22 heavy (non-hydrogen) atoms. The molecule has 0 unspecified atom stereocenters. The number of ether oxygens (including phenoxy) is 2. The highest BCUT2D eigenvalue weighted by Crippen LogP contribution is 2.11. The quantitative estimate of drug-likeness (QED) is 0.554. The third-order valence-corrected chi connectivity index (χ3v) is 3.26. The maximum atomic E-state index is 11.6. The normalized spacial score (nSPS) is 9.91. The molecule has 6 nitrogen and oxygen atoms in total. The zero-order valence-electron chi connectivity index (χ0n) is 12.3. The van der Waals surface area contributed by atoms with E-state index in [0.29, 0.717) is 13.0 Å². The van der Waals surface area contributed by atoms with E-state index in [-0.39, 0.29) is 25.4 Å². The van der Waals surface area contributed by atoms with E-state index in [1.54, 1.807) is 12.1 Å². The summed E-state index contributed by atoms with van der Waals surface area (Å²) in [4.78, 5) is 33.9. The number of benzene rings is 1. The van der Waals surface area contributed by atoms with Gasteiger partial charge in [-0.1, -0.05) is 28.1 Å². The standard InChI is InChI=1S/C15H18BrNO5/c1-21-14(19)3-2-8-17-13(18)10-22-15(20)9-11-4-6-12(16)7-5-11/h4-7H,2-3,8-10H2,1H3,(H,17,18). The fourth-order valence-corrected chi connectivity index (χ4v) is 1.84. The van der Waals surface area contributed by atoms with Crippen molar-refractivity contribution in [2.75, 3.05) is 20.3 Å². The van der Waals surface area contributed by atoms with Crippen molar-refractivity contribution in [1.82, 2.24) is 5.32 Å². The summed E-state index contributed by atoms with van der Waals surface area (Å²) < 4.78 is 10.3. The first-order valence-electron chi connectivity index (χ1n) is 6.75. The average Bonchev–Trinajstić information content (AvgIpc) is 2.51. The van der Waals surface area contributed by atoms with Gasteiger partial charge in [0, 0.05) is 17.4 Å². The van der Waals surface area contributed by atoms with Gasteiger partial charge in [-0.2, -0.15) is 0 Å². The topological polar surface area (TPSA) is 81.7 Å².